The van der Waals surface area contributed by atoms with Crippen LogP contribution >= 0.6 is 0 Å². The Kier molecular flexibility index (Phi) is 1.87. The molecular formula is C11H10F3N3. The Balaban J connectivity index is 2.14. The molecule has 0 bridgehead atoms. The molecule has 90 valence electrons. The summed E-state index contributed by atoms with van der Waals surface area (Å²) < 4.78 is 39.2. The molecule has 1 aliphatic carbocycles. The van der Waals surface area contributed by atoms with Gasteiger partial charge < -0.3 is 10.1 Å². The molecule has 6 heteroatoms. The monoisotopic (exact) mass is 241 g/mol. The van der Waals surface area contributed by atoms with Crippen LogP contribution in [0.4, 0.5) is 13.2 Å². The Morgan fingerprint density at radius 3 is 2.65 bits per heavy atom. The maximum Gasteiger partial charge on any atom is 0.416 e. The molecule has 3 rings (SSSR count). The standard InChI is InChI=1S/C11H10F3N3/c12-11(13,14)7-1-4-17-8(5-7)6-16-9(17)10(15)2-3-10/h1,4-6H,2-3,15H2. The molecule has 1 saturated carbocycles. The molecule has 1 fully saturated rings. The smallest absolute Gasteiger partial charge is 0.319 e. The molecular weight excluding hydrogens is 231 g/mol. The van der Waals surface area contributed by atoms with Crippen molar-refractivity contribution in [1.82, 2.24) is 9.38 Å². The van der Waals surface area contributed by atoms with Gasteiger partial charge in [0.25, 0.3) is 0 Å². The molecule has 0 aromatic carbocycles. The summed E-state index contributed by atoms with van der Waals surface area (Å²) in [6.07, 6.45) is 0.136. The van der Waals surface area contributed by atoms with E-state index in [-0.39, 0.29) is 0 Å². The van der Waals surface area contributed by atoms with Crippen molar-refractivity contribution in [2.75, 3.05) is 0 Å². The van der Waals surface area contributed by atoms with E-state index in [9.17, 15) is 13.2 Å². The molecule has 2 heterocycles. The Labute approximate surface area is 95.1 Å². The molecule has 0 atom stereocenters. The van der Waals surface area contributed by atoms with Crippen molar-refractivity contribution in [3.05, 3.63) is 35.9 Å². The minimum atomic E-state index is -4.33. The van der Waals surface area contributed by atoms with E-state index in [0.717, 1.165) is 25.0 Å². The van der Waals surface area contributed by atoms with E-state index in [1.54, 1.807) is 4.40 Å². The fraction of sp³-hybridized carbons (Fsp3) is 0.364. The highest BCUT2D eigenvalue weighted by molar-refractivity contribution is 5.50. The van der Waals surface area contributed by atoms with Gasteiger partial charge in [0.15, 0.2) is 0 Å². The van der Waals surface area contributed by atoms with Gasteiger partial charge >= 0.3 is 6.18 Å². The van der Waals surface area contributed by atoms with Crippen molar-refractivity contribution in [3.63, 3.8) is 0 Å². The Hall–Kier alpha value is -1.56. The SMILES string of the molecule is NC1(c2ncc3cc(C(F)(F)F)ccn23)CC1. The average molecular weight is 241 g/mol. The fourth-order valence-corrected chi connectivity index (χ4v) is 1.90. The lowest BCUT2D eigenvalue weighted by Crippen LogP contribution is -2.22. The second-order valence-corrected chi connectivity index (χ2v) is 4.45. The minimum Gasteiger partial charge on any atom is -0.319 e. The average Bonchev–Trinajstić information content (AvgIpc) is 2.85. The second-order valence-electron chi connectivity index (χ2n) is 4.45. The molecule has 0 aliphatic heterocycles. The van der Waals surface area contributed by atoms with Crippen LogP contribution in [0.2, 0.25) is 0 Å². The number of alkyl halides is 3. The normalized spacial score (nSPS) is 18.6. The first-order chi connectivity index (χ1) is 7.90. The molecule has 17 heavy (non-hydrogen) atoms. The van der Waals surface area contributed by atoms with Crippen LogP contribution in [-0.2, 0) is 11.7 Å². The highest BCUT2D eigenvalue weighted by Crippen LogP contribution is 2.42. The van der Waals surface area contributed by atoms with Crippen molar-refractivity contribution >= 4 is 5.52 Å². The van der Waals surface area contributed by atoms with E-state index in [1.165, 1.54) is 12.4 Å². The summed E-state index contributed by atoms with van der Waals surface area (Å²) in [5.41, 5.74) is 5.30. The third-order valence-corrected chi connectivity index (χ3v) is 3.09. The number of aromatic nitrogens is 2. The van der Waals surface area contributed by atoms with Gasteiger partial charge in [-0.1, -0.05) is 0 Å². The molecule has 2 aromatic rings. The summed E-state index contributed by atoms with van der Waals surface area (Å²) >= 11 is 0. The van der Waals surface area contributed by atoms with Crippen LogP contribution in [0.1, 0.15) is 24.2 Å². The van der Waals surface area contributed by atoms with Crippen molar-refractivity contribution in [3.8, 4) is 0 Å². The molecule has 2 aromatic heterocycles. The predicted molar refractivity (Wildman–Crippen MR) is 55.3 cm³/mol. The number of nitrogens with two attached hydrogens (primary N) is 1. The first-order valence-electron chi connectivity index (χ1n) is 5.24. The van der Waals surface area contributed by atoms with Crippen LogP contribution in [0.25, 0.3) is 5.52 Å². The molecule has 0 amide bonds. The zero-order valence-corrected chi connectivity index (χ0v) is 8.83. The third kappa shape index (κ3) is 1.59. The third-order valence-electron chi connectivity index (χ3n) is 3.09. The zero-order chi connectivity index (χ0) is 12.3. The Bertz CT molecular complexity index is 581. The minimum absolute atomic E-state index is 0.423. The number of rotatable bonds is 1. The van der Waals surface area contributed by atoms with Gasteiger partial charge in [0.2, 0.25) is 0 Å². The summed E-state index contributed by atoms with van der Waals surface area (Å²) in [5.74, 6) is 0.640. The number of hydrogen-bond acceptors (Lipinski definition) is 2. The summed E-state index contributed by atoms with van der Waals surface area (Å²) in [7, 11) is 0. The molecule has 0 unspecified atom stereocenters. The van der Waals surface area contributed by atoms with Gasteiger partial charge in [-0.15, -0.1) is 0 Å². The zero-order valence-electron chi connectivity index (χ0n) is 8.83. The number of hydrogen-bond donors (Lipinski definition) is 1. The van der Waals surface area contributed by atoms with Crippen molar-refractivity contribution < 1.29 is 13.2 Å². The van der Waals surface area contributed by atoms with E-state index in [1.807, 2.05) is 0 Å². The first kappa shape index (κ1) is 10.6. The number of imidazole rings is 1. The predicted octanol–water partition coefficient (Wildman–Crippen LogP) is 2.30. The van der Waals surface area contributed by atoms with Crippen LogP contribution in [0.15, 0.2) is 24.5 Å². The molecule has 0 spiro atoms. The highest BCUT2D eigenvalue weighted by atomic mass is 19.4. The molecule has 3 nitrogen and oxygen atoms in total. The van der Waals surface area contributed by atoms with E-state index < -0.39 is 17.3 Å². The summed E-state index contributed by atoms with van der Waals surface area (Å²) in [4.78, 5) is 4.12. The maximum atomic E-state index is 12.5. The van der Waals surface area contributed by atoms with Gasteiger partial charge in [0, 0.05) is 6.20 Å². The summed E-state index contributed by atoms with van der Waals surface area (Å²) in [6, 6.07) is 2.13. The summed E-state index contributed by atoms with van der Waals surface area (Å²) in [5, 5.41) is 0. The van der Waals surface area contributed by atoms with Crippen LogP contribution in [0, 0.1) is 0 Å². The quantitative estimate of drug-likeness (QED) is 0.832. The van der Waals surface area contributed by atoms with Crippen LogP contribution < -0.4 is 5.73 Å². The van der Waals surface area contributed by atoms with Crippen LogP contribution in [0.3, 0.4) is 0 Å². The molecule has 1 aliphatic rings. The lowest BCUT2D eigenvalue weighted by molar-refractivity contribution is -0.137. The number of halogens is 3. The van der Waals surface area contributed by atoms with Gasteiger partial charge in [-0.05, 0) is 25.0 Å². The number of fused-ring (bicyclic) bond motifs is 1. The van der Waals surface area contributed by atoms with Crippen LogP contribution in [0.5, 0.6) is 0 Å². The Morgan fingerprint density at radius 1 is 1.35 bits per heavy atom. The van der Waals surface area contributed by atoms with E-state index >= 15 is 0 Å². The molecule has 2 N–H and O–H groups in total. The van der Waals surface area contributed by atoms with Crippen LogP contribution in [-0.4, -0.2) is 9.38 Å². The lowest BCUT2D eigenvalue weighted by atomic mass is 10.2. The summed E-state index contributed by atoms with van der Waals surface area (Å²) in [6.45, 7) is 0. The topological polar surface area (TPSA) is 43.3 Å². The van der Waals surface area contributed by atoms with Gasteiger partial charge in [-0.2, -0.15) is 13.2 Å². The van der Waals surface area contributed by atoms with E-state index in [2.05, 4.69) is 4.98 Å². The fourth-order valence-electron chi connectivity index (χ4n) is 1.90. The number of pyridine rings is 1. The number of nitrogens with zero attached hydrogens (tertiary/aromatic N) is 2. The largest absolute Gasteiger partial charge is 0.416 e. The second kappa shape index (κ2) is 3.01. The molecule has 0 saturated heterocycles. The van der Waals surface area contributed by atoms with Gasteiger partial charge in [0.1, 0.15) is 5.82 Å². The van der Waals surface area contributed by atoms with Crippen molar-refractivity contribution in [2.45, 2.75) is 24.6 Å². The lowest BCUT2D eigenvalue weighted by Gasteiger charge is -2.10. The Morgan fingerprint density at radius 2 is 2.06 bits per heavy atom. The van der Waals surface area contributed by atoms with Crippen molar-refractivity contribution in [1.29, 1.82) is 0 Å². The molecule has 0 radical (unpaired) electrons. The maximum absolute atomic E-state index is 12.5. The van der Waals surface area contributed by atoms with E-state index in [0.29, 0.717) is 11.3 Å². The highest BCUT2D eigenvalue weighted by Gasteiger charge is 2.43. The van der Waals surface area contributed by atoms with Gasteiger partial charge in [-0.25, -0.2) is 4.98 Å². The first-order valence-corrected chi connectivity index (χ1v) is 5.24. The van der Waals surface area contributed by atoms with Gasteiger partial charge in [0.05, 0.1) is 22.8 Å². The van der Waals surface area contributed by atoms with E-state index in [4.69, 9.17) is 5.73 Å². The van der Waals surface area contributed by atoms with Gasteiger partial charge in [-0.3, -0.25) is 0 Å². The van der Waals surface area contributed by atoms with Crippen molar-refractivity contribution in [2.24, 2.45) is 5.73 Å².